The highest BCUT2D eigenvalue weighted by Gasteiger charge is 2.23. The minimum Gasteiger partial charge on any atom is -0.390 e. The van der Waals surface area contributed by atoms with Crippen molar-refractivity contribution in [1.82, 2.24) is 10.6 Å². The third kappa shape index (κ3) is 8.65. The SMILES string of the molecule is CCC(C)CC(=O)N[C@@H](Cc1cc(F)cc(F)c1)[C@H](O)CNCc1cccc(I)c1. The highest BCUT2D eigenvalue weighted by Crippen LogP contribution is 2.13. The highest BCUT2D eigenvalue weighted by atomic mass is 127. The van der Waals surface area contributed by atoms with E-state index >= 15 is 0 Å². The zero-order valence-corrected chi connectivity index (χ0v) is 19.5. The fourth-order valence-corrected chi connectivity index (χ4v) is 3.75. The van der Waals surface area contributed by atoms with Crippen molar-refractivity contribution in [3.8, 4) is 0 Å². The number of carbonyl (C=O) groups is 1. The summed E-state index contributed by atoms with van der Waals surface area (Å²) in [6.45, 7) is 4.79. The zero-order chi connectivity index (χ0) is 22.1. The molecule has 0 aliphatic heterocycles. The van der Waals surface area contributed by atoms with Gasteiger partial charge in [0.25, 0.3) is 0 Å². The Balaban J connectivity index is 2.03. The van der Waals surface area contributed by atoms with Gasteiger partial charge in [0.2, 0.25) is 5.91 Å². The van der Waals surface area contributed by atoms with Crippen LogP contribution in [-0.2, 0) is 17.8 Å². The van der Waals surface area contributed by atoms with Crippen molar-refractivity contribution in [2.24, 2.45) is 5.92 Å². The van der Waals surface area contributed by atoms with Crippen LogP contribution in [0.4, 0.5) is 8.78 Å². The van der Waals surface area contributed by atoms with Crippen LogP contribution < -0.4 is 10.6 Å². The second-order valence-corrected chi connectivity index (χ2v) is 8.95. The Morgan fingerprint density at radius 2 is 1.83 bits per heavy atom. The van der Waals surface area contributed by atoms with Crippen LogP contribution >= 0.6 is 22.6 Å². The van der Waals surface area contributed by atoms with Crippen molar-refractivity contribution in [1.29, 1.82) is 0 Å². The van der Waals surface area contributed by atoms with Gasteiger partial charge in [-0.2, -0.15) is 0 Å². The number of nitrogens with one attached hydrogen (secondary N) is 2. The lowest BCUT2D eigenvalue weighted by Crippen LogP contribution is -2.49. The molecular formula is C23H29F2IN2O2. The van der Waals surface area contributed by atoms with Crippen LogP contribution in [0.15, 0.2) is 42.5 Å². The molecule has 2 rings (SSSR count). The molecule has 0 aliphatic carbocycles. The number of benzene rings is 2. The van der Waals surface area contributed by atoms with E-state index < -0.39 is 23.8 Å². The summed E-state index contributed by atoms with van der Waals surface area (Å²) in [4.78, 5) is 12.4. The Morgan fingerprint density at radius 3 is 2.47 bits per heavy atom. The van der Waals surface area contributed by atoms with E-state index in [1.807, 2.05) is 38.1 Å². The van der Waals surface area contributed by atoms with Crippen molar-refractivity contribution in [3.05, 3.63) is 68.8 Å². The summed E-state index contributed by atoms with van der Waals surface area (Å²) in [6.07, 6.45) is 0.424. The fraction of sp³-hybridized carbons (Fsp3) is 0.435. The van der Waals surface area contributed by atoms with Gasteiger partial charge in [0.15, 0.2) is 0 Å². The Hall–Kier alpha value is -1.58. The Morgan fingerprint density at radius 1 is 1.13 bits per heavy atom. The van der Waals surface area contributed by atoms with E-state index in [9.17, 15) is 18.7 Å². The topological polar surface area (TPSA) is 61.4 Å². The predicted octanol–water partition coefficient (Wildman–Crippen LogP) is 4.18. The van der Waals surface area contributed by atoms with Crippen molar-refractivity contribution in [2.75, 3.05) is 6.54 Å². The van der Waals surface area contributed by atoms with Gasteiger partial charge in [-0.1, -0.05) is 32.4 Å². The van der Waals surface area contributed by atoms with Gasteiger partial charge in [0.1, 0.15) is 11.6 Å². The smallest absolute Gasteiger partial charge is 0.220 e. The first-order chi connectivity index (χ1) is 14.3. The molecule has 4 nitrogen and oxygen atoms in total. The molecule has 30 heavy (non-hydrogen) atoms. The van der Waals surface area contributed by atoms with Gasteiger partial charge in [-0.05, 0) is 70.3 Å². The van der Waals surface area contributed by atoms with Gasteiger partial charge < -0.3 is 15.7 Å². The maximum Gasteiger partial charge on any atom is 0.220 e. The number of carbonyl (C=O) groups excluding carboxylic acids is 1. The molecule has 0 aliphatic rings. The molecule has 0 bridgehead atoms. The number of hydrogen-bond donors (Lipinski definition) is 3. The number of hydrogen-bond acceptors (Lipinski definition) is 3. The molecule has 0 aromatic heterocycles. The average Bonchev–Trinajstić information content (AvgIpc) is 2.66. The Bertz CT molecular complexity index is 814. The lowest BCUT2D eigenvalue weighted by atomic mass is 9.99. The molecule has 2 aromatic rings. The second-order valence-electron chi connectivity index (χ2n) is 7.70. The third-order valence-electron chi connectivity index (χ3n) is 4.99. The maximum atomic E-state index is 13.6. The molecule has 0 saturated carbocycles. The van der Waals surface area contributed by atoms with Crippen molar-refractivity contribution in [2.45, 2.75) is 51.8 Å². The molecule has 0 saturated heterocycles. The summed E-state index contributed by atoms with van der Waals surface area (Å²) < 4.78 is 28.3. The summed E-state index contributed by atoms with van der Waals surface area (Å²) in [5.74, 6) is -1.32. The summed E-state index contributed by atoms with van der Waals surface area (Å²) in [6, 6.07) is 10.6. The largest absolute Gasteiger partial charge is 0.390 e. The van der Waals surface area contributed by atoms with Crippen molar-refractivity contribution in [3.63, 3.8) is 0 Å². The molecule has 3 atom stereocenters. The lowest BCUT2D eigenvalue weighted by Gasteiger charge is -2.25. The Labute approximate surface area is 190 Å². The van der Waals surface area contributed by atoms with Gasteiger partial charge >= 0.3 is 0 Å². The summed E-state index contributed by atoms with van der Waals surface area (Å²) >= 11 is 2.24. The van der Waals surface area contributed by atoms with Gasteiger partial charge in [-0.15, -0.1) is 0 Å². The second kappa shape index (κ2) is 12.3. The first-order valence-electron chi connectivity index (χ1n) is 10.1. The first-order valence-corrected chi connectivity index (χ1v) is 11.2. The van der Waals surface area contributed by atoms with Crippen LogP contribution in [0.5, 0.6) is 0 Å². The molecule has 1 unspecified atom stereocenters. The number of halogens is 3. The third-order valence-corrected chi connectivity index (χ3v) is 5.66. The van der Waals surface area contributed by atoms with E-state index in [1.54, 1.807) is 0 Å². The monoisotopic (exact) mass is 530 g/mol. The van der Waals surface area contributed by atoms with Crippen LogP contribution in [0, 0.1) is 21.1 Å². The van der Waals surface area contributed by atoms with Crippen LogP contribution in [0.3, 0.4) is 0 Å². The van der Waals surface area contributed by atoms with E-state index in [4.69, 9.17) is 0 Å². The van der Waals surface area contributed by atoms with Crippen LogP contribution in [-0.4, -0.2) is 29.7 Å². The van der Waals surface area contributed by atoms with Crippen LogP contribution in [0.25, 0.3) is 0 Å². The molecule has 2 aromatic carbocycles. The van der Waals surface area contributed by atoms with E-state index in [2.05, 4.69) is 33.2 Å². The maximum absolute atomic E-state index is 13.6. The van der Waals surface area contributed by atoms with Gasteiger partial charge in [0, 0.05) is 29.1 Å². The summed E-state index contributed by atoms with van der Waals surface area (Å²) in [5, 5.41) is 16.8. The molecule has 0 spiro atoms. The van der Waals surface area contributed by atoms with Crippen molar-refractivity contribution < 1.29 is 18.7 Å². The Kier molecular flexibility index (Phi) is 10.1. The van der Waals surface area contributed by atoms with Gasteiger partial charge in [-0.25, -0.2) is 8.78 Å². The molecule has 3 N–H and O–H groups in total. The van der Waals surface area contributed by atoms with Crippen molar-refractivity contribution >= 4 is 28.5 Å². The molecule has 164 valence electrons. The zero-order valence-electron chi connectivity index (χ0n) is 17.3. The first kappa shape index (κ1) is 24.7. The van der Waals surface area contributed by atoms with Crippen LogP contribution in [0.2, 0.25) is 0 Å². The number of amides is 1. The molecule has 0 fully saturated rings. The lowest BCUT2D eigenvalue weighted by molar-refractivity contribution is -0.123. The van der Waals surface area contributed by atoms with E-state index in [0.29, 0.717) is 18.5 Å². The summed E-state index contributed by atoms with van der Waals surface area (Å²) in [7, 11) is 0. The van der Waals surface area contributed by atoms with E-state index in [0.717, 1.165) is 21.6 Å². The summed E-state index contributed by atoms with van der Waals surface area (Å²) in [5.41, 5.74) is 1.47. The molecule has 0 radical (unpaired) electrons. The van der Waals surface area contributed by atoms with Crippen LogP contribution in [0.1, 0.15) is 37.8 Å². The number of aliphatic hydroxyl groups is 1. The standard InChI is InChI=1S/C23H29F2IN2O2/c1-3-15(2)7-23(30)28-21(11-17-8-18(24)12-19(25)9-17)22(29)14-27-13-16-5-4-6-20(26)10-16/h4-6,8-10,12,15,21-22,27,29H,3,7,11,13-14H2,1-2H3,(H,28,30)/t15?,21-,22+/m0/s1. The van der Waals surface area contributed by atoms with E-state index in [1.165, 1.54) is 12.1 Å². The number of aliphatic hydroxyl groups excluding tert-OH is 1. The quantitative estimate of drug-likeness (QED) is 0.382. The minimum atomic E-state index is -0.917. The van der Waals surface area contributed by atoms with E-state index in [-0.39, 0.29) is 24.8 Å². The molecular weight excluding hydrogens is 501 g/mol. The molecule has 0 heterocycles. The average molecular weight is 530 g/mol. The van der Waals surface area contributed by atoms with Gasteiger partial charge in [-0.3, -0.25) is 4.79 Å². The minimum absolute atomic E-state index is 0.132. The highest BCUT2D eigenvalue weighted by molar-refractivity contribution is 14.1. The molecule has 1 amide bonds. The normalized spacial score (nSPS) is 14.2. The predicted molar refractivity (Wildman–Crippen MR) is 123 cm³/mol. The van der Waals surface area contributed by atoms with Gasteiger partial charge in [0.05, 0.1) is 12.1 Å². The fourth-order valence-electron chi connectivity index (χ4n) is 3.15. The number of rotatable bonds is 11. The molecule has 7 heteroatoms.